The van der Waals surface area contributed by atoms with Crippen LogP contribution in [0.5, 0.6) is 0 Å². The van der Waals surface area contributed by atoms with E-state index in [2.05, 4.69) is 34.0 Å². The Kier molecular flexibility index (Phi) is 5.49. The normalized spacial score (nSPS) is 10.4. The number of aromatic nitrogens is 3. The summed E-state index contributed by atoms with van der Waals surface area (Å²) in [4.78, 5) is 15.5. The second-order valence-electron chi connectivity index (χ2n) is 4.90. The van der Waals surface area contributed by atoms with E-state index in [4.69, 9.17) is 4.98 Å². The second kappa shape index (κ2) is 7.57. The van der Waals surface area contributed by atoms with Gasteiger partial charge < -0.3 is 10.2 Å². The van der Waals surface area contributed by atoms with Crippen molar-refractivity contribution < 1.29 is 0 Å². The molecule has 0 aromatic carbocycles. The van der Waals surface area contributed by atoms with E-state index in [9.17, 15) is 0 Å². The molecular formula is C16H23N5. The molecule has 0 aliphatic heterocycles. The first kappa shape index (κ1) is 15.2. The molecule has 0 bridgehead atoms. The van der Waals surface area contributed by atoms with Crippen LogP contribution in [-0.2, 0) is 13.0 Å². The van der Waals surface area contributed by atoms with Crippen molar-refractivity contribution in [1.82, 2.24) is 15.0 Å². The van der Waals surface area contributed by atoms with E-state index < -0.39 is 0 Å². The molecule has 2 rings (SSSR count). The molecule has 112 valence electrons. The Labute approximate surface area is 126 Å². The smallest absolute Gasteiger partial charge is 0.134 e. The molecule has 1 N–H and O–H groups in total. The Morgan fingerprint density at radius 3 is 2.52 bits per heavy atom. The van der Waals surface area contributed by atoms with Gasteiger partial charge in [0.05, 0.1) is 0 Å². The van der Waals surface area contributed by atoms with Crippen molar-refractivity contribution in [1.29, 1.82) is 0 Å². The molecule has 21 heavy (non-hydrogen) atoms. The average Bonchev–Trinajstić information content (AvgIpc) is 2.53. The Morgan fingerprint density at radius 1 is 1.14 bits per heavy atom. The van der Waals surface area contributed by atoms with E-state index in [0.717, 1.165) is 43.4 Å². The van der Waals surface area contributed by atoms with Crippen molar-refractivity contribution >= 4 is 11.6 Å². The molecule has 0 fully saturated rings. The van der Waals surface area contributed by atoms with Crippen LogP contribution in [0.1, 0.15) is 31.7 Å². The highest BCUT2D eigenvalue weighted by atomic mass is 15.2. The third kappa shape index (κ3) is 4.15. The molecule has 0 amide bonds. The van der Waals surface area contributed by atoms with Crippen LogP contribution in [0.2, 0.25) is 0 Å². The molecule has 0 spiro atoms. The Bertz CT molecular complexity index is 556. The molecule has 0 aliphatic carbocycles. The maximum Gasteiger partial charge on any atom is 0.134 e. The molecule has 0 saturated carbocycles. The Balaban J connectivity index is 2.26. The van der Waals surface area contributed by atoms with Gasteiger partial charge in [-0.2, -0.15) is 0 Å². The molecule has 5 heteroatoms. The minimum Gasteiger partial charge on any atom is -0.373 e. The van der Waals surface area contributed by atoms with Gasteiger partial charge in [-0.3, -0.25) is 4.98 Å². The van der Waals surface area contributed by atoms with Crippen molar-refractivity contribution in [3.8, 4) is 0 Å². The minimum atomic E-state index is 0.824. The van der Waals surface area contributed by atoms with E-state index in [1.165, 1.54) is 5.56 Å². The Hall–Kier alpha value is -2.17. The number of rotatable bonds is 7. The molecular weight excluding hydrogens is 262 g/mol. The molecule has 5 nitrogen and oxygen atoms in total. The van der Waals surface area contributed by atoms with E-state index in [0.29, 0.717) is 0 Å². The van der Waals surface area contributed by atoms with Gasteiger partial charge in [0.25, 0.3) is 0 Å². The van der Waals surface area contributed by atoms with Crippen LogP contribution in [0.25, 0.3) is 0 Å². The van der Waals surface area contributed by atoms with Crippen molar-refractivity contribution in [3.05, 3.63) is 42.0 Å². The lowest BCUT2D eigenvalue weighted by molar-refractivity contribution is 0.780. The zero-order chi connectivity index (χ0) is 15.1. The van der Waals surface area contributed by atoms with Gasteiger partial charge in [0.1, 0.15) is 17.5 Å². The topological polar surface area (TPSA) is 53.9 Å². The molecule has 0 radical (unpaired) electrons. The van der Waals surface area contributed by atoms with Crippen LogP contribution < -0.4 is 10.2 Å². The van der Waals surface area contributed by atoms with Crippen LogP contribution in [-0.4, -0.2) is 28.5 Å². The van der Waals surface area contributed by atoms with E-state index in [1.807, 2.05) is 37.6 Å². The lowest BCUT2D eigenvalue weighted by Gasteiger charge is -2.23. The van der Waals surface area contributed by atoms with Crippen molar-refractivity contribution in [3.63, 3.8) is 0 Å². The van der Waals surface area contributed by atoms with Crippen LogP contribution in [0.3, 0.4) is 0 Å². The molecule has 2 aromatic rings. The van der Waals surface area contributed by atoms with Gasteiger partial charge in [-0.1, -0.05) is 6.92 Å². The van der Waals surface area contributed by atoms with Crippen molar-refractivity contribution in [2.75, 3.05) is 23.8 Å². The summed E-state index contributed by atoms with van der Waals surface area (Å²) in [5, 5.41) is 3.12. The fraction of sp³-hybridized carbons (Fsp3) is 0.438. The van der Waals surface area contributed by atoms with Gasteiger partial charge in [-0.25, -0.2) is 9.97 Å². The summed E-state index contributed by atoms with van der Waals surface area (Å²) in [5.74, 6) is 2.74. The highest BCUT2D eigenvalue weighted by Gasteiger charge is 2.10. The quantitative estimate of drug-likeness (QED) is 0.847. The number of hydrogen-bond donors (Lipinski definition) is 1. The van der Waals surface area contributed by atoms with Crippen LogP contribution in [0.4, 0.5) is 11.6 Å². The van der Waals surface area contributed by atoms with Crippen LogP contribution >= 0.6 is 0 Å². The van der Waals surface area contributed by atoms with Crippen molar-refractivity contribution in [2.45, 2.75) is 33.2 Å². The summed E-state index contributed by atoms with van der Waals surface area (Å²) in [6, 6.07) is 6.08. The lowest BCUT2D eigenvalue weighted by Crippen LogP contribution is -2.24. The zero-order valence-electron chi connectivity index (χ0n) is 13.0. The molecule has 0 aliphatic rings. The van der Waals surface area contributed by atoms with E-state index in [1.54, 1.807) is 0 Å². The molecule has 2 aromatic heterocycles. The van der Waals surface area contributed by atoms with Crippen LogP contribution in [0, 0.1) is 0 Å². The van der Waals surface area contributed by atoms with Gasteiger partial charge in [0.2, 0.25) is 0 Å². The van der Waals surface area contributed by atoms with Gasteiger partial charge in [-0.05, 0) is 31.0 Å². The van der Waals surface area contributed by atoms with Gasteiger partial charge in [-0.15, -0.1) is 0 Å². The number of anilines is 2. The predicted octanol–water partition coefficient (Wildman–Crippen LogP) is 2.89. The van der Waals surface area contributed by atoms with Gasteiger partial charge in [0, 0.05) is 45.0 Å². The summed E-state index contributed by atoms with van der Waals surface area (Å²) in [6.07, 6.45) is 5.59. The molecule has 2 heterocycles. The second-order valence-corrected chi connectivity index (χ2v) is 4.90. The largest absolute Gasteiger partial charge is 0.373 e. The number of pyridine rings is 1. The predicted molar refractivity (Wildman–Crippen MR) is 86.5 cm³/mol. The average molecular weight is 285 g/mol. The molecule has 0 unspecified atom stereocenters. The van der Waals surface area contributed by atoms with E-state index in [-0.39, 0.29) is 0 Å². The fourth-order valence-electron chi connectivity index (χ4n) is 2.17. The number of nitrogens with one attached hydrogen (secondary N) is 1. The molecule has 0 atom stereocenters. The summed E-state index contributed by atoms with van der Waals surface area (Å²) < 4.78 is 0. The standard InChI is InChI=1S/C16H23N5/c1-4-6-14-19-15(17-3)11-16(20-14)21(5-2)12-13-7-9-18-10-8-13/h7-11H,4-6,12H2,1-3H3,(H,17,19,20). The van der Waals surface area contributed by atoms with E-state index >= 15 is 0 Å². The van der Waals surface area contributed by atoms with Crippen molar-refractivity contribution in [2.24, 2.45) is 0 Å². The highest BCUT2D eigenvalue weighted by molar-refractivity contribution is 5.49. The third-order valence-electron chi connectivity index (χ3n) is 3.32. The molecule has 0 saturated heterocycles. The van der Waals surface area contributed by atoms with Gasteiger partial charge in [0.15, 0.2) is 0 Å². The fourth-order valence-corrected chi connectivity index (χ4v) is 2.17. The maximum absolute atomic E-state index is 4.70. The minimum absolute atomic E-state index is 0.824. The SMILES string of the molecule is CCCc1nc(NC)cc(N(CC)Cc2ccncc2)n1. The summed E-state index contributed by atoms with van der Waals surface area (Å²) in [7, 11) is 1.89. The first-order valence-corrected chi connectivity index (χ1v) is 7.46. The highest BCUT2D eigenvalue weighted by Crippen LogP contribution is 2.18. The number of aryl methyl sites for hydroxylation is 1. The summed E-state index contributed by atoms with van der Waals surface area (Å²) in [6.45, 7) is 6.00. The Morgan fingerprint density at radius 2 is 1.90 bits per heavy atom. The first-order chi connectivity index (χ1) is 10.3. The summed E-state index contributed by atoms with van der Waals surface area (Å²) in [5.41, 5.74) is 1.23. The third-order valence-corrected chi connectivity index (χ3v) is 3.32. The number of hydrogen-bond acceptors (Lipinski definition) is 5. The number of nitrogens with zero attached hydrogens (tertiary/aromatic N) is 4. The lowest BCUT2D eigenvalue weighted by atomic mass is 10.2. The maximum atomic E-state index is 4.70. The van der Waals surface area contributed by atoms with Crippen LogP contribution in [0.15, 0.2) is 30.6 Å². The zero-order valence-corrected chi connectivity index (χ0v) is 13.0. The monoisotopic (exact) mass is 285 g/mol. The van der Waals surface area contributed by atoms with Gasteiger partial charge >= 0.3 is 0 Å². The first-order valence-electron chi connectivity index (χ1n) is 7.46. The summed E-state index contributed by atoms with van der Waals surface area (Å²) >= 11 is 0.